The minimum absolute atomic E-state index is 0.492. The molecule has 0 aliphatic heterocycles. The summed E-state index contributed by atoms with van der Waals surface area (Å²) in [6.07, 6.45) is 0. The van der Waals surface area contributed by atoms with E-state index in [1.165, 1.54) is 0 Å². The molecular weight excluding hydrogens is 269 g/mol. The summed E-state index contributed by atoms with van der Waals surface area (Å²) in [6.45, 7) is 1.98. The minimum atomic E-state index is 0.492. The van der Waals surface area contributed by atoms with Crippen LogP contribution >= 0.6 is 23.2 Å². The number of fused-ring (bicyclic) bond motifs is 1. The molecular formula is C14H9Cl2NO. The lowest BCUT2D eigenvalue weighted by Gasteiger charge is -1.99. The van der Waals surface area contributed by atoms with Crippen molar-refractivity contribution in [3.8, 4) is 11.5 Å². The van der Waals surface area contributed by atoms with Crippen molar-refractivity contribution in [3.63, 3.8) is 0 Å². The Bertz CT molecular complexity index is 734. The Labute approximate surface area is 114 Å². The van der Waals surface area contributed by atoms with Gasteiger partial charge in [-0.15, -0.1) is 0 Å². The molecule has 90 valence electrons. The van der Waals surface area contributed by atoms with Crippen LogP contribution in [0, 0.1) is 6.92 Å². The fourth-order valence-corrected chi connectivity index (χ4v) is 2.23. The van der Waals surface area contributed by atoms with Crippen molar-refractivity contribution in [2.45, 2.75) is 6.92 Å². The van der Waals surface area contributed by atoms with Crippen molar-refractivity contribution in [2.24, 2.45) is 0 Å². The number of aryl methyl sites for hydroxylation is 1. The first-order valence-electron chi connectivity index (χ1n) is 5.47. The van der Waals surface area contributed by atoms with E-state index in [9.17, 15) is 0 Å². The molecule has 1 heterocycles. The van der Waals surface area contributed by atoms with Crippen LogP contribution in [-0.4, -0.2) is 4.98 Å². The van der Waals surface area contributed by atoms with Crippen LogP contribution < -0.4 is 0 Å². The number of para-hydroxylation sites is 1. The summed E-state index contributed by atoms with van der Waals surface area (Å²) in [5.74, 6) is 0.492. The van der Waals surface area contributed by atoms with Gasteiger partial charge in [0.15, 0.2) is 5.58 Å². The van der Waals surface area contributed by atoms with Crippen molar-refractivity contribution in [1.82, 2.24) is 4.98 Å². The summed E-state index contributed by atoms with van der Waals surface area (Å²) < 4.78 is 5.77. The van der Waals surface area contributed by atoms with Gasteiger partial charge in [-0.2, -0.15) is 0 Å². The molecule has 2 aromatic carbocycles. The molecule has 0 atom stereocenters. The summed E-state index contributed by atoms with van der Waals surface area (Å²) in [7, 11) is 0. The smallest absolute Gasteiger partial charge is 0.228 e. The van der Waals surface area contributed by atoms with Gasteiger partial charge in [0.2, 0.25) is 5.89 Å². The van der Waals surface area contributed by atoms with Crippen LogP contribution in [0.2, 0.25) is 10.0 Å². The Morgan fingerprint density at radius 2 is 1.94 bits per heavy atom. The zero-order valence-electron chi connectivity index (χ0n) is 9.58. The van der Waals surface area contributed by atoms with Crippen molar-refractivity contribution in [2.75, 3.05) is 0 Å². The van der Waals surface area contributed by atoms with Crippen LogP contribution in [0.4, 0.5) is 0 Å². The molecule has 0 fully saturated rings. The number of nitrogens with zero attached hydrogens (tertiary/aromatic N) is 1. The second kappa shape index (κ2) is 4.30. The molecule has 1 aromatic heterocycles. The van der Waals surface area contributed by atoms with E-state index in [2.05, 4.69) is 4.98 Å². The van der Waals surface area contributed by atoms with Gasteiger partial charge < -0.3 is 4.42 Å². The van der Waals surface area contributed by atoms with Gasteiger partial charge >= 0.3 is 0 Å². The number of hydrogen-bond donors (Lipinski definition) is 0. The predicted octanol–water partition coefficient (Wildman–Crippen LogP) is 5.11. The third-order valence-electron chi connectivity index (χ3n) is 2.77. The van der Waals surface area contributed by atoms with Crippen LogP contribution in [0.3, 0.4) is 0 Å². The molecule has 3 aromatic rings. The van der Waals surface area contributed by atoms with Gasteiger partial charge in [0.25, 0.3) is 0 Å². The van der Waals surface area contributed by atoms with Crippen LogP contribution in [0.15, 0.2) is 40.8 Å². The highest BCUT2D eigenvalue weighted by atomic mass is 35.5. The molecule has 0 aliphatic rings. The van der Waals surface area contributed by atoms with Crippen LogP contribution in [-0.2, 0) is 0 Å². The Morgan fingerprint density at radius 3 is 2.72 bits per heavy atom. The standard InChI is InChI=1S/C14H9Cl2NO/c1-8-3-2-4-12-13(8)18-14(17-12)10-7-9(15)5-6-11(10)16/h2-7H,1H3. The number of aromatic nitrogens is 1. The maximum absolute atomic E-state index is 6.14. The second-order valence-electron chi connectivity index (χ2n) is 4.07. The number of benzene rings is 2. The predicted molar refractivity (Wildman–Crippen MR) is 74.2 cm³/mol. The Kier molecular flexibility index (Phi) is 2.77. The second-order valence-corrected chi connectivity index (χ2v) is 4.91. The van der Waals surface area contributed by atoms with Gasteiger partial charge in [-0.3, -0.25) is 0 Å². The lowest BCUT2D eigenvalue weighted by atomic mass is 10.2. The molecule has 0 saturated heterocycles. The highest BCUT2D eigenvalue weighted by Gasteiger charge is 2.13. The SMILES string of the molecule is Cc1cccc2nc(-c3cc(Cl)ccc3Cl)oc12. The topological polar surface area (TPSA) is 26.0 Å². The van der Waals surface area contributed by atoms with E-state index in [0.717, 1.165) is 16.7 Å². The molecule has 3 rings (SSSR count). The molecule has 4 heteroatoms. The van der Waals surface area contributed by atoms with Crippen molar-refractivity contribution >= 4 is 34.3 Å². The average Bonchev–Trinajstić information content (AvgIpc) is 2.77. The Hall–Kier alpha value is -1.51. The van der Waals surface area contributed by atoms with Crippen LogP contribution in [0.25, 0.3) is 22.6 Å². The molecule has 0 saturated carbocycles. The number of rotatable bonds is 1. The zero-order chi connectivity index (χ0) is 12.7. The van der Waals surface area contributed by atoms with E-state index in [1.807, 2.05) is 25.1 Å². The molecule has 0 bridgehead atoms. The van der Waals surface area contributed by atoms with E-state index < -0.39 is 0 Å². The summed E-state index contributed by atoms with van der Waals surface area (Å²) >= 11 is 12.1. The normalized spacial score (nSPS) is 11.1. The highest BCUT2D eigenvalue weighted by molar-refractivity contribution is 6.35. The van der Waals surface area contributed by atoms with E-state index in [1.54, 1.807) is 18.2 Å². The quantitative estimate of drug-likeness (QED) is 0.618. The van der Waals surface area contributed by atoms with Gasteiger partial charge in [-0.05, 0) is 36.8 Å². The summed E-state index contributed by atoms with van der Waals surface area (Å²) in [5.41, 5.74) is 3.36. The van der Waals surface area contributed by atoms with Gasteiger partial charge in [0, 0.05) is 5.02 Å². The average molecular weight is 278 g/mol. The van der Waals surface area contributed by atoms with Crippen molar-refractivity contribution < 1.29 is 4.42 Å². The molecule has 0 spiro atoms. The fourth-order valence-electron chi connectivity index (χ4n) is 1.86. The maximum Gasteiger partial charge on any atom is 0.228 e. The Balaban J connectivity index is 2.26. The molecule has 0 aliphatic carbocycles. The maximum atomic E-state index is 6.14. The van der Waals surface area contributed by atoms with E-state index in [-0.39, 0.29) is 0 Å². The lowest BCUT2D eigenvalue weighted by molar-refractivity contribution is 0.617. The van der Waals surface area contributed by atoms with Gasteiger partial charge in [-0.25, -0.2) is 4.98 Å². The Morgan fingerprint density at radius 1 is 1.11 bits per heavy atom. The number of oxazole rings is 1. The summed E-state index contributed by atoms with van der Waals surface area (Å²) in [4.78, 5) is 4.44. The van der Waals surface area contributed by atoms with Crippen LogP contribution in [0.5, 0.6) is 0 Å². The van der Waals surface area contributed by atoms with E-state index >= 15 is 0 Å². The molecule has 0 N–H and O–H groups in total. The number of hydrogen-bond acceptors (Lipinski definition) is 2. The molecule has 0 unspecified atom stereocenters. The minimum Gasteiger partial charge on any atom is -0.436 e. The molecule has 18 heavy (non-hydrogen) atoms. The first-order valence-corrected chi connectivity index (χ1v) is 6.22. The van der Waals surface area contributed by atoms with Gasteiger partial charge in [0.05, 0.1) is 10.6 Å². The van der Waals surface area contributed by atoms with Gasteiger partial charge in [-0.1, -0.05) is 35.3 Å². The third-order valence-corrected chi connectivity index (χ3v) is 3.34. The lowest BCUT2D eigenvalue weighted by Crippen LogP contribution is -1.79. The largest absolute Gasteiger partial charge is 0.436 e. The fraction of sp³-hybridized carbons (Fsp3) is 0.0714. The van der Waals surface area contributed by atoms with Gasteiger partial charge in [0.1, 0.15) is 5.52 Å². The summed E-state index contributed by atoms with van der Waals surface area (Å²) in [6, 6.07) is 11.1. The number of halogens is 2. The third kappa shape index (κ3) is 1.88. The van der Waals surface area contributed by atoms with E-state index in [4.69, 9.17) is 27.6 Å². The first-order chi connectivity index (χ1) is 8.65. The molecule has 0 amide bonds. The molecule has 2 nitrogen and oxygen atoms in total. The highest BCUT2D eigenvalue weighted by Crippen LogP contribution is 2.32. The monoisotopic (exact) mass is 277 g/mol. The van der Waals surface area contributed by atoms with E-state index in [0.29, 0.717) is 21.5 Å². The van der Waals surface area contributed by atoms with Crippen molar-refractivity contribution in [3.05, 3.63) is 52.0 Å². The summed E-state index contributed by atoms with van der Waals surface area (Å²) in [5, 5.41) is 1.18. The molecule has 0 radical (unpaired) electrons. The van der Waals surface area contributed by atoms with Crippen LogP contribution in [0.1, 0.15) is 5.56 Å². The first kappa shape index (κ1) is 11.6. The zero-order valence-corrected chi connectivity index (χ0v) is 11.1. The van der Waals surface area contributed by atoms with Crippen molar-refractivity contribution in [1.29, 1.82) is 0 Å².